The Morgan fingerprint density at radius 3 is 2.57 bits per heavy atom. The second-order valence-electron chi connectivity index (χ2n) is 2.51. The van der Waals surface area contributed by atoms with Gasteiger partial charge in [-0.3, -0.25) is 0 Å². The Kier molecular flexibility index (Phi) is 2.68. The summed E-state index contributed by atoms with van der Waals surface area (Å²) >= 11 is 0. The molecular formula is C7H8F3N3O. The maximum absolute atomic E-state index is 11.8. The van der Waals surface area contributed by atoms with E-state index in [1.54, 1.807) is 0 Å². The fourth-order valence-electron chi connectivity index (χ4n) is 0.756. The summed E-state index contributed by atoms with van der Waals surface area (Å²) in [4.78, 5) is 3.58. The van der Waals surface area contributed by atoms with Crippen LogP contribution < -0.4 is 16.2 Å². The van der Waals surface area contributed by atoms with Crippen LogP contribution >= 0.6 is 0 Å². The molecule has 0 aliphatic heterocycles. The Morgan fingerprint density at radius 2 is 2.00 bits per heavy atom. The molecule has 0 saturated heterocycles. The number of anilines is 2. The number of hydrogen-bond acceptors (Lipinski definition) is 4. The molecule has 1 aromatic rings. The minimum absolute atomic E-state index is 0.0512. The van der Waals surface area contributed by atoms with Gasteiger partial charge in [0.15, 0.2) is 6.61 Å². The number of alkyl halides is 3. The van der Waals surface area contributed by atoms with E-state index < -0.39 is 12.8 Å². The topological polar surface area (TPSA) is 74.2 Å². The van der Waals surface area contributed by atoms with Gasteiger partial charge >= 0.3 is 6.18 Å². The van der Waals surface area contributed by atoms with Gasteiger partial charge in [0.25, 0.3) is 0 Å². The third-order valence-electron chi connectivity index (χ3n) is 1.37. The maximum Gasteiger partial charge on any atom is 0.422 e. The molecule has 0 aliphatic carbocycles. The third kappa shape index (κ3) is 2.68. The number of nitrogens with zero attached hydrogens (tertiary/aromatic N) is 1. The SMILES string of the molecule is Nc1nccc(OCC(F)(F)F)c1N. The lowest BCUT2D eigenvalue weighted by molar-refractivity contribution is -0.153. The first kappa shape index (κ1) is 10.4. The lowest BCUT2D eigenvalue weighted by Crippen LogP contribution is -2.19. The minimum atomic E-state index is -4.40. The number of halogens is 3. The van der Waals surface area contributed by atoms with Gasteiger partial charge in [-0.1, -0.05) is 0 Å². The number of nitrogens with two attached hydrogens (primary N) is 2. The van der Waals surface area contributed by atoms with Crippen LogP contribution in [-0.2, 0) is 0 Å². The van der Waals surface area contributed by atoms with Crippen molar-refractivity contribution in [2.75, 3.05) is 18.1 Å². The van der Waals surface area contributed by atoms with Crippen LogP contribution in [0.3, 0.4) is 0 Å². The molecule has 78 valence electrons. The van der Waals surface area contributed by atoms with E-state index in [4.69, 9.17) is 11.5 Å². The molecule has 1 heterocycles. The summed E-state index contributed by atoms with van der Waals surface area (Å²) in [7, 11) is 0. The van der Waals surface area contributed by atoms with Crippen LogP contribution in [0.5, 0.6) is 5.75 Å². The molecule has 0 atom stereocenters. The van der Waals surface area contributed by atoms with E-state index in [9.17, 15) is 13.2 Å². The standard InChI is InChI=1S/C7H8F3N3O/c8-7(9,10)3-14-4-1-2-13-6(12)5(4)11/h1-2H,3,11H2,(H2,12,13). The van der Waals surface area contributed by atoms with E-state index in [2.05, 4.69) is 9.72 Å². The highest BCUT2D eigenvalue weighted by Crippen LogP contribution is 2.26. The molecule has 0 aromatic carbocycles. The van der Waals surface area contributed by atoms with Crippen molar-refractivity contribution in [3.8, 4) is 5.75 Å². The predicted molar refractivity (Wildman–Crippen MR) is 44.6 cm³/mol. The van der Waals surface area contributed by atoms with Crippen LogP contribution in [0.15, 0.2) is 12.3 Å². The molecule has 0 amide bonds. The Morgan fingerprint density at radius 1 is 1.36 bits per heavy atom. The summed E-state index contributed by atoms with van der Waals surface area (Å²) in [5.41, 5.74) is 10.5. The van der Waals surface area contributed by atoms with Crippen LogP contribution in [0.4, 0.5) is 24.7 Å². The van der Waals surface area contributed by atoms with Crippen LogP contribution in [-0.4, -0.2) is 17.8 Å². The number of aromatic nitrogens is 1. The average molecular weight is 207 g/mol. The van der Waals surface area contributed by atoms with Crippen molar-refractivity contribution >= 4 is 11.5 Å². The van der Waals surface area contributed by atoms with Gasteiger partial charge in [-0.2, -0.15) is 13.2 Å². The molecule has 0 saturated carbocycles. The second-order valence-corrected chi connectivity index (χ2v) is 2.51. The monoisotopic (exact) mass is 207 g/mol. The van der Waals surface area contributed by atoms with E-state index in [-0.39, 0.29) is 17.3 Å². The highest BCUT2D eigenvalue weighted by atomic mass is 19.4. The Bertz CT molecular complexity index is 326. The fourth-order valence-corrected chi connectivity index (χ4v) is 0.756. The van der Waals surface area contributed by atoms with Gasteiger partial charge in [0, 0.05) is 12.3 Å². The molecule has 1 aromatic heterocycles. The van der Waals surface area contributed by atoms with Gasteiger partial charge in [-0.25, -0.2) is 4.98 Å². The number of hydrogen-bond donors (Lipinski definition) is 2. The Hall–Kier alpha value is -1.66. The zero-order valence-electron chi connectivity index (χ0n) is 7.01. The summed E-state index contributed by atoms with van der Waals surface area (Å²) in [5, 5.41) is 0. The van der Waals surface area contributed by atoms with E-state index in [1.165, 1.54) is 12.3 Å². The normalized spacial score (nSPS) is 11.4. The summed E-state index contributed by atoms with van der Waals surface area (Å²) < 4.78 is 39.7. The van der Waals surface area contributed by atoms with Crippen molar-refractivity contribution in [1.82, 2.24) is 4.98 Å². The Labute approximate surface area is 77.7 Å². The first-order valence-electron chi connectivity index (χ1n) is 3.59. The molecule has 7 heteroatoms. The van der Waals surface area contributed by atoms with Crippen LogP contribution in [0, 0.1) is 0 Å². The summed E-state index contributed by atoms with van der Waals surface area (Å²) in [6, 6.07) is 1.22. The zero-order chi connectivity index (χ0) is 10.8. The second kappa shape index (κ2) is 3.60. The van der Waals surface area contributed by atoms with Crippen molar-refractivity contribution in [1.29, 1.82) is 0 Å². The zero-order valence-corrected chi connectivity index (χ0v) is 7.01. The first-order valence-corrected chi connectivity index (χ1v) is 3.59. The molecule has 0 radical (unpaired) electrons. The molecule has 1 rings (SSSR count). The van der Waals surface area contributed by atoms with Gasteiger partial charge in [-0.15, -0.1) is 0 Å². The van der Waals surface area contributed by atoms with Gasteiger partial charge in [0.1, 0.15) is 17.3 Å². The molecule has 0 unspecified atom stereocenters. The van der Waals surface area contributed by atoms with Crippen LogP contribution in [0.25, 0.3) is 0 Å². The van der Waals surface area contributed by atoms with Gasteiger partial charge < -0.3 is 16.2 Å². The van der Waals surface area contributed by atoms with Gasteiger partial charge in [-0.05, 0) is 0 Å². The molecular weight excluding hydrogens is 199 g/mol. The van der Waals surface area contributed by atoms with Gasteiger partial charge in [0.05, 0.1) is 0 Å². The molecule has 0 bridgehead atoms. The number of ether oxygens (including phenoxy) is 1. The van der Waals surface area contributed by atoms with E-state index in [0.29, 0.717) is 0 Å². The minimum Gasteiger partial charge on any atom is -0.482 e. The summed E-state index contributed by atoms with van der Waals surface area (Å²) in [6.07, 6.45) is -3.18. The first-order chi connectivity index (χ1) is 6.40. The lowest BCUT2D eigenvalue weighted by atomic mass is 10.3. The van der Waals surface area contributed by atoms with Gasteiger partial charge in [0.2, 0.25) is 0 Å². The summed E-state index contributed by atoms with van der Waals surface area (Å²) in [6.45, 7) is -1.40. The van der Waals surface area contributed by atoms with Crippen molar-refractivity contribution in [2.24, 2.45) is 0 Å². The smallest absolute Gasteiger partial charge is 0.422 e. The molecule has 4 nitrogen and oxygen atoms in total. The molecule has 0 fully saturated rings. The van der Waals surface area contributed by atoms with E-state index in [0.717, 1.165) is 0 Å². The molecule has 0 aliphatic rings. The summed E-state index contributed by atoms with van der Waals surface area (Å²) in [5.74, 6) is -0.167. The largest absolute Gasteiger partial charge is 0.482 e. The highest BCUT2D eigenvalue weighted by molar-refractivity contribution is 5.66. The van der Waals surface area contributed by atoms with Crippen LogP contribution in [0.1, 0.15) is 0 Å². The number of nitrogen functional groups attached to an aromatic ring is 2. The molecule has 4 N–H and O–H groups in total. The van der Waals surface area contributed by atoms with Crippen molar-refractivity contribution < 1.29 is 17.9 Å². The average Bonchev–Trinajstić information content (AvgIpc) is 2.06. The maximum atomic E-state index is 11.8. The fraction of sp³-hybridized carbons (Fsp3) is 0.286. The quantitative estimate of drug-likeness (QED) is 0.763. The van der Waals surface area contributed by atoms with E-state index >= 15 is 0 Å². The lowest BCUT2D eigenvalue weighted by Gasteiger charge is -2.11. The van der Waals surface area contributed by atoms with E-state index in [1.807, 2.05) is 0 Å². The van der Waals surface area contributed by atoms with Crippen molar-refractivity contribution in [3.05, 3.63) is 12.3 Å². The van der Waals surface area contributed by atoms with Crippen LogP contribution in [0.2, 0.25) is 0 Å². The van der Waals surface area contributed by atoms with Crippen molar-refractivity contribution in [2.45, 2.75) is 6.18 Å². The number of pyridine rings is 1. The Balaban J connectivity index is 2.73. The highest BCUT2D eigenvalue weighted by Gasteiger charge is 2.28. The number of rotatable bonds is 2. The third-order valence-corrected chi connectivity index (χ3v) is 1.37. The molecule has 14 heavy (non-hydrogen) atoms. The molecule has 0 spiro atoms. The van der Waals surface area contributed by atoms with Crippen molar-refractivity contribution in [3.63, 3.8) is 0 Å². The predicted octanol–water partition coefficient (Wildman–Crippen LogP) is 1.19.